The van der Waals surface area contributed by atoms with Crippen LogP contribution >= 0.6 is 0 Å². The van der Waals surface area contributed by atoms with Crippen molar-refractivity contribution in [3.63, 3.8) is 0 Å². The number of carbonyl (C=O) groups excluding carboxylic acids is 1. The molecule has 70 valence electrons. The van der Waals surface area contributed by atoms with Crippen LogP contribution in [0.25, 0.3) is 0 Å². The first kappa shape index (κ1) is 9.64. The van der Waals surface area contributed by atoms with Gasteiger partial charge in [-0.15, -0.1) is 0 Å². The molecule has 0 aliphatic heterocycles. The van der Waals surface area contributed by atoms with Gasteiger partial charge in [-0.1, -0.05) is 6.92 Å². The van der Waals surface area contributed by atoms with E-state index in [4.69, 9.17) is 0 Å². The van der Waals surface area contributed by atoms with Gasteiger partial charge in [0.05, 0.1) is 19.2 Å². The first-order valence-electron chi connectivity index (χ1n) is 4.06. The lowest BCUT2D eigenvalue weighted by atomic mass is 10.1. The van der Waals surface area contributed by atoms with Gasteiger partial charge in [0.15, 0.2) is 0 Å². The summed E-state index contributed by atoms with van der Waals surface area (Å²) in [5.74, 6) is -0.167. The van der Waals surface area contributed by atoms with Gasteiger partial charge >= 0.3 is 5.97 Å². The smallest absolute Gasteiger partial charge is 0.306 e. The lowest BCUT2D eigenvalue weighted by molar-refractivity contribution is -0.141. The molecule has 13 heavy (non-hydrogen) atoms. The lowest BCUT2D eigenvalue weighted by Crippen LogP contribution is -2.07. The predicted octanol–water partition coefficient (Wildman–Crippen LogP) is 1.14. The van der Waals surface area contributed by atoms with Gasteiger partial charge in [-0.25, -0.2) is 0 Å². The van der Waals surface area contributed by atoms with Gasteiger partial charge in [-0.2, -0.15) is 0 Å². The molecule has 1 aromatic heterocycles. The maximum absolute atomic E-state index is 10.9. The standard InChI is InChI=1S/C9H12N2O2/c1-7(5-9(12)13-2)8-6-10-3-4-11-8/h3-4,6-7H,5H2,1-2H3. The molecular formula is C9H12N2O2. The summed E-state index contributed by atoms with van der Waals surface area (Å²) in [4.78, 5) is 18.9. The highest BCUT2D eigenvalue weighted by Crippen LogP contribution is 2.15. The van der Waals surface area contributed by atoms with E-state index in [9.17, 15) is 4.79 Å². The number of methoxy groups -OCH3 is 1. The minimum absolute atomic E-state index is 0.0566. The average Bonchev–Trinajstić information content (AvgIpc) is 2.19. The molecule has 0 radical (unpaired) electrons. The van der Waals surface area contributed by atoms with Crippen molar-refractivity contribution >= 4 is 5.97 Å². The Hall–Kier alpha value is -1.45. The number of rotatable bonds is 3. The first-order valence-corrected chi connectivity index (χ1v) is 4.06. The van der Waals surface area contributed by atoms with Crippen molar-refractivity contribution in [3.8, 4) is 0 Å². The SMILES string of the molecule is COC(=O)CC(C)c1cnccn1. The summed E-state index contributed by atoms with van der Waals surface area (Å²) in [6.07, 6.45) is 5.22. The average molecular weight is 180 g/mol. The summed E-state index contributed by atoms with van der Waals surface area (Å²) in [6.45, 7) is 1.92. The highest BCUT2D eigenvalue weighted by atomic mass is 16.5. The molecule has 0 spiro atoms. The van der Waals surface area contributed by atoms with Crippen molar-refractivity contribution in [2.75, 3.05) is 7.11 Å². The van der Waals surface area contributed by atoms with Crippen LogP contribution in [0.3, 0.4) is 0 Å². The normalized spacial score (nSPS) is 12.2. The van der Waals surface area contributed by atoms with Crippen molar-refractivity contribution in [1.29, 1.82) is 0 Å². The first-order chi connectivity index (χ1) is 6.24. The zero-order valence-corrected chi connectivity index (χ0v) is 7.73. The largest absolute Gasteiger partial charge is 0.469 e. The molecule has 0 saturated heterocycles. The fourth-order valence-corrected chi connectivity index (χ4v) is 1.00. The fraction of sp³-hybridized carbons (Fsp3) is 0.444. The molecule has 0 N–H and O–H groups in total. The summed E-state index contributed by atoms with van der Waals surface area (Å²) < 4.78 is 4.56. The van der Waals surface area contributed by atoms with E-state index in [0.717, 1.165) is 5.69 Å². The van der Waals surface area contributed by atoms with Crippen molar-refractivity contribution in [2.45, 2.75) is 19.3 Å². The summed E-state index contributed by atoms with van der Waals surface area (Å²) in [5.41, 5.74) is 0.813. The maximum Gasteiger partial charge on any atom is 0.306 e. The highest BCUT2D eigenvalue weighted by molar-refractivity contribution is 5.70. The van der Waals surface area contributed by atoms with E-state index in [0.29, 0.717) is 6.42 Å². The third-order valence-corrected chi connectivity index (χ3v) is 1.79. The molecule has 4 heteroatoms. The van der Waals surface area contributed by atoms with Crippen LogP contribution < -0.4 is 0 Å². The Morgan fingerprint density at radius 3 is 2.92 bits per heavy atom. The molecule has 1 aromatic rings. The van der Waals surface area contributed by atoms with Crippen LogP contribution in [0.1, 0.15) is 25.0 Å². The van der Waals surface area contributed by atoms with Crippen LogP contribution in [0.4, 0.5) is 0 Å². The quantitative estimate of drug-likeness (QED) is 0.654. The van der Waals surface area contributed by atoms with Gasteiger partial charge in [-0.05, 0) is 0 Å². The van der Waals surface area contributed by atoms with Crippen LogP contribution in [0.5, 0.6) is 0 Å². The molecule has 0 aromatic carbocycles. The molecule has 1 rings (SSSR count). The van der Waals surface area contributed by atoms with Gasteiger partial charge < -0.3 is 4.74 Å². The van der Waals surface area contributed by atoms with Gasteiger partial charge in [0.1, 0.15) is 0 Å². The number of esters is 1. The van der Waals surface area contributed by atoms with E-state index in [1.807, 2.05) is 6.92 Å². The summed E-state index contributed by atoms with van der Waals surface area (Å²) >= 11 is 0. The number of carbonyl (C=O) groups is 1. The van der Waals surface area contributed by atoms with E-state index in [2.05, 4.69) is 14.7 Å². The predicted molar refractivity (Wildman–Crippen MR) is 47.1 cm³/mol. The van der Waals surface area contributed by atoms with E-state index in [1.54, 1.807) is 18.6 Å². The second-order valence-electron chi connectivity index (χ2n) is 2.81. The molecule has 0 aliphatic carbocycles. The number of hydrogen-bond donors (Lipinski definition) is 0. The van der Waals surface area contributed by atoms with Gasteiger partial charge in [0, 0.05) is 24.5 Å². The molecular weight excluding hydrogens is 168 g/mol. The monoisotopic (exact) mass is 180 g/mol. The van der Waals surface area contributed by atoms with Gasteiger partial charge in [0.25, 0.3) is 0 Å². The molecule has 0 saturated carbocycles. The van der Waals surface area contributed by atoms with E-state index in [-0.39, 0.29) is 11.9 Å². The number of hydrogen-bond acceptors (Lipinski definition) is 4. The van der Waals surface area contributed by atoms with E-state index in [1.165, 1.54) is 7.11 Å². The Morgan fingerprint density at radius 2 is 2.38 bits per heavy atom. The van der Waals surface area contributed by atoms with Crippen LogP contribution in [-0.2, 0) is 9.53 Å². The number of aromatic nitrogens is 2. The zero-order valence-electron chi connectivity index (χ0n) is 7.73. The topological polar surface area (TPSA) is 52.1 Å². The van der Waals surface area contributed by atoms with Gasteiger partial charge in [-0.3, -0.25) is 14.8 Å². The van der Waals surface area contributed by atoms with Crippen LogP contribution in [0.2, 0.25) is 0 Å². The third kappa shape index (κ3) is 2.82. The Labute approximate surface area is 77.0 Å². The van der Waals surface area contributed by atoms with Crippen LogP contribution in [0, 0.1) is 0 Å². The third-order valence-electron chi connectivity index (χ3n) is 1.79. The van der Waals surface area contributed by atoms with Crippen molar-refractivity contribution in [3.05, 3.63) is 24.3 Å². The van der Waals surface area contributed by atoms with Crippen LogP contribution in [-0.4, -0.2) is 23.0 Å². The highest BCUT2D eigenvalue weighted by Gasteiger charge is 2.11. The van der Waals surface area contributed by atoms with Crippen molar-refractivity contribution in [1.82, 2.24) is 9.97 Å². The molecule has 1 unspecified atom stereocenters. The van der Waals surface area contributed by atoms with E-state index >= 15 is 0 Å². The molecule has 0 aliphatic rings. The summed E-state index contributed by atoms with van der Waals surface area (Å²) in [6, 6.07) is 0. The van der Waals surface area contributed by atoms with Crippen molar-refractivity contribution < 1.29 is 9.53 Å². The van der Waals surface area contributed by atoms with Crippen molar-refractivity contribution in [2.24, 2.45) is 0 Å². The Kier molecular flexibility index (Phi) is 3.37. The second kappa shape index (κ2) is 4.54. The second-order valence-corrected chi connectivity index (χ2v) is 2.81. The summed E-state index contributed by atoms with van der Waals surface area (Å²) in [5, 5.41) is 0. The minimum atomic E-state index is -0.224. The molecule has 1 atom stereocenters. The number of ether oxygens (including phenoxy) is 1. The molecule has 0 amide bonds. The lowest BCUT2D eigenvalue weighted by Gasteiger charge is -2.07. The number of nitrogens with zero attached hydrogens (tertiary/aromatic N) is 2. The maximum atomic E-state index is 10.9. The van der Waals surface area contributed by atoms with Gasteiger partial charge in [0.2, 0.25) is 0 Å². The fourth-order valence-electron chi connectivity index (χ4n) is 1.00. The molecule has 0 fully saturated rings. The molecule has 1 heterocycles. The zero-order chi connectivity index (χ0) is 9.68. The minimum Gasteiger partial charge on any atom is -0.469 e. The molecule has 0 bridgehead atoms. The summed E-state index contributed by atoms with van der Waals surface area (Å²) in [7, 11) is 1.38. The Bertz CT molecular complexity index is 274. The van der Waals surface area contributed by atoms with E-state index < -0.39 is 0 Å². The Balaban J connectivity index is 2.59. The molecule has 4 nitrogen and oxygen atoms in total. The Morgan fingerprint density at radius 1 is 1.62 bits per heavy atom. The van der Waals surface area contributed by atoms with Crippen LogP contribution in [0.15, 0.2) is 18.6 Å².